The third-order valence-electron chi connectivity index (χ3n) is 6.67. The van der Waals surface area contributed by atoms with Crippen LogP contribution in [0.4, 0.5) is 0 Å². The Hall–Kier alpha value is -3.16. The van der Waals surface area contributed by atoms with E-state index in [2.05, 4.69) is 34.3 Å². The number of hydrogen-bond donors (Lipinski definition) is 1. The number of piperazine rings is 1. The molecule has 1 N–H and O–H groups in total. The molecule has 7 nitrogen and oxygen atoms in total. The Morgan fingerprint density at radius 2 is 1.85 bits per heavy atom. The zero-order valence-corrected chi connectivity index (χ0v) is 20.2. The minimum atomic E-state index is -0.400. The number of rotatable bonds is 8. The molecule has 2 heterocycles. The summed E-state index contributed by atoms with van der Waals surface area (Å²) < 4.78 is 10.8. The number of carbonyl (C=O) groups excluding carboxylic acids is 1. The number of benzene rings is 2. The molecule has 1 aromatic heterocycles. The molecular weight excluding hydrogens is 430 g/mol. The van der Waals surface area contributed by atoms with Gasteiger partial charge in [0.05, 0.1) is 13.2 Å². The zero-order valence-electron chi connectivity index (χ0n) is 20.2. The number of amides is 1. The van der Waals surface area contributed by atoms with Crippen LogP contribution in [0, 0.1) is 6.92 Å². The van der Waals surface area contributed by atoms with Crippen LogP contribution in [0.25, 0.3) is 11.0 Å². The van der Waals surface area contributed by atoms with Gasteiger partial charge in [-0.15, -0.1) is 0 Å². The lowest BCUT2D eigenvalue weighted by molar-refractivity contribution is -0.122. The molecule has 1 aliphatic heterocycles. The van der Waals surface area contributed by atoms with Gasteiger partial charge in [-0.2, -0.15) is 0 Å². The fourth-order valence-corrected chi connectivity index (χ4v) is 4.50. The number of aryl methyl sites for hydroxylation is 1. The van der Waals surface area contributed by atoms with E-state index in [1.165, 1.54) is 0 Å². The van der Waals surface area contributed by atoms with Gasteiger partial charge in [-0.1, -0.05) is 30.3 Å². The maximum absolute atomic E-state index is 13.0. The van der Waals surface area contributed by atoms with E-state index in [0.29, 0.717) is 23.3 Å². The Morgan fingerprint density at radius 3 is 2.56 bits per heavy atom. The largest absolute Gasteiger partial charge is 0.497 e. The van der Waals surface area contributed by atoms with Crippen molar-refractivity contribution in [2.45, 2.75) is 25.8 Å². The number of methoxy groups -OCH3 is 1. The Bertz CT molecular complexity index is 1180. The van der Waals surface area contributed by atoms with Gasteiger partial charge in [0, 0.05) is 56.2 Å². The number of hydrogen-bond acceptors (Lipinski definition) is 6. The van der Waals surface area contributed by atoms with Gasteiger partial charge in [-0.05, 0) is 43.7 Å². The minimum absolute atomic E-state index is 0.0726. The average molecular weight is 464 g/mol. The molecule has 1 amide bonds. The lowest BCUT2D eigenvalue weighted by atomic mass is 10.0. The highest BCUT2D eigenvalue weighted by atomic mass is 16.5. The van der Waals surface area contributed by atoms with Gasteiger partial charge >= 0.3 is 5.63 Å². The third kappa shape index (κ3) is 5.66. The maximum atomic E-state index is 13.0. The molecule has 1 atom stereocenters. The van der Waals surface area contributed by atoms with E-state index >= 15 is 0 Å². The van der Waals surface area contributed by atoms with Crippen molar-refractivity contribution < 1.29 is 13.9 Å². The van der Waals surface area contributed by atoms with Crippen LogP contribution in [0.15, 0.2) is 57.7 Å². The van der Waals surface area contributed by atoms with Crippen LogP contribution < -0.4 is 15.7 Å². The maximum Gasteiger partial charge on any atom is 0.339 e. The summed E-state index contributed by atoms with van der Waals surface area (Å²) in [6.07, 6.45) is 0.553. The highest BCUT2D eigenvalue weighted by molar-refractivity contribution is 5.83. The van der Waals surface area contributed by atoms with Gasteiger partial charge in [-0.3, -0.25) is 9.69 Å². The van der Waals surface area contributed by atoms with Crippen molar-refractivity contribution in [2.24, 2.45) is 0 Å². The number of fused-ring (bicyclic) bond motifs is 1. The molecule has 0 aliphatic carbocycles. The molecule has 1 unspecified atom stereocenters. The molecule has 1 aliphatic rings. The smallest absolute Gasteiger partial charge is 0.339 e. The van der Waals surface area contributed by atoms with Gasteiger partial charge in [-0.25, -0.2) is 4.79 Å². The third-order valence-corrected chi connectivity index (χ3v) is 6.67. The van der Waals surface area contributed by atoms with Crippen LogP contribution in [0.5, 0.6) is 5.75 Å². The van der Waals surface area contributed by atoms with Crippen LogP contribution in [-0.4, -0.2) is 62.6 Å². The number of carbonyl (C=O) groups is 1. The molecule has 0 bridgehead atoms. The molecule has 1 fully saturated rings. The first-order valence-corrected chi connectivity index (χ1v) is 11.8. The Kier molecular flexibility index (Phi) is 7.65. The van der Waals surface area contributed by atoms with Crippen molar-refractivity contribution in [3.05, 3.63) is 75.6 Å². The standard InChI is InChI=1S/C27H33N3O4/c1-19-22-10-9-21(33-3)17-25(22)34-27(32)23(19)11-12-26(31)28-24(20-7-5-4-6-8-20)18-30-15-13-29(2)14-16-30/h4-10,17,24H,11-16,18H2,1-3H3,(H,28,31). The van der Waals surface area contributed by atoms with Crippen molar-refractivity contribution in [2.75, 3.05) is 46.9 Å². The van der Waals surface area contributed by atoms with Crippen molar-refractivity contribution in [3.8, 4) is 5.75 Å². The monoisotopic (exact) mass is 463 g/mol. The van der Waals surface area contributed by atoms with E-state index in [1.807, 2.05) is 37.3 Å². The molecule has 2 aromatic carbocycles. The van der Waals surface area contributed by atoms with Gasteiger partial charge in [0.25, 0.3) is 0 Å². The van der Waals surface area contributed by atoms with E-state index < -0.39 is 5.63 Å². The van der Waals surface area contributed by atoms with Crippen molar-refractivity contribution >= 4 is 16.9 Å². The van der Waals surface area contributed by atoms with E-state index in [1.54, 1.807) is 13.2 Å². The summed E-state index contributed by atoms with van der Waals surface area (Å²) in [5.74, 6) is 0.561. The normalized spacial score (nSPS) is 15.9. The lowest BCUT2D eigenvalue weighted by Crippen LogP contribution is -2.47. The second kappa shape index (κ2) is 10.8. The molecule has 180 valence electrons. The zero-order chi connectivity index (χ0) is 24.1. The fraction of sp³-hybridized carbons (Fsp3) is 0.407. The van der Waals surface area contributed by atoms with Gasteiger partial charge < -0.3 is 19.4 Å². The highest BCUT2D eigenvalue weighted by Crippen LogP contribution is 2.24. The number of nitrogens with zero attached hydrogens (tertiary/aromatic N) is 2. The van der Waals surface area contributed by atoms with E-state index in [-0.39, 0.29) is 18.4 Å². The van der Waals surface area contributed by atoms with Gasteiger partial charge in [0.15, 0.2) is 0 Å². The van der Waals surface area contributed by atoms with Crippen molar-refractivity contribution in [1.82, 2.24) is 15.1 Å². The molecule has 1 saturated heterocycles. The topological polar surface area (TPSA) is 75.0 Å². The Balaban J connectivity index is 1.45. The predicted molar refractivity (Wildman–Crippen MR) is 133 cm³/mol. The fourth-order valence-electron chi connectivity index (χ4n) is 4.50. The van der Waals surface area contributed by atoms with Gasteiger partial charge in [0.1, 0.15) is 11.3 Å². The first-order chi connectivity index (χ1) is 16.4. The second-order valence-corrected chi connectivity index (χ2v) is 8.99. The quantitative estimate of drug-likeness (QED) is 0.518. The molecule has 3 aromatic rings. The van der Waals surface area contributed by atoms with E-state index in [9.17, 15) is 9.59 Å². The summed E-state index contributed by atoms with van der Waals surface area (Å²) in [5, 5.41) is 4.06. The predicted octanol–water partition coefficient (Wildman–Crippen LogP) is 3.15. The molecular formula is C27H33N3O4. The van der Waals surface area contributed by atoms with Crippen molar-refractivity contribution in [3.63, 3.8) is 0 Å². The van der Waals surface area contributed by atoms with Gasteiger partial charge in [0.2, 0.25) is 5.91 Å². The van der Waals surface area contributed by atoms with Crippen LogP contribution in [0.3, 0.4) is 0 Å². The van der Waals surface area contributed by atoms with Crippen LogP contribution >= 0.6 is 0 Å². The summed E-state index contributed by atoms with van der Waals surface area (Å²) >= 11 is 0. The second-order valence-electron chi connectivity index (χ2n) is 8.99. The molecule has 34 heavy (non-hydrogen) atoms. The van der Waals surface area contributed by atoms with Crippen LogP contribution in [0.1, 0.15) is 29.2 Å². The molecule has 0 radical (unpaired) electrons. The summed E-state index contributed by atoms with van der Waals surface area (Å²) in [6.45, 7) is 6.69. The first kappa shape index (κ1) is 24.0. The van der Waals surface area contributed by atoms with Crippen LogP contribution in [-0.2, 0) is 11.2 Å². The molecule has 4 rings (SSSR count). The summed E-state index contributed by atoms with van der Waals surface area (Å²) in [4.78, 5) is 30.3. The Labute approximate surface area is 200 Å². The lowest BCUT2D eigenvalue weighted by Gasteiger charge is -2.35. The number of likely N-dealkylation sites (N-methyl/N-ethyl adjacent to an activating group) is 1. The summed E-state index contributed by atoms with van der Waals surface area (Å²) in [6, 6.07) is 15.4. The highest BCUT2D eigenvalue weighted by Gasteiger charge is 2.22. The van der Waals surface area contributed by atoms with Crippen molar-refractivity contribution in [1.29, 1.82) is 0 Å². The summed E-state index contributed by atoms with van der Waals surface area (Å²) in [7, 11) is 3.71. The van der Waals surface area contributed by atoms with E-state index in [4.69, 9.17) is 9.15 Å². The molecule has 0 spiro atoms. The number of nitrogens with one attached hydrogen (secondary N) is 1. The molecule has 7 heteroatoms. The molecule has 0 saturated carbocycles. The van der Waals surface area contributed by atoms with E-state index in [0.717, 1.165) is 49.2 Å². The van der Waals surface area contributed by atoms with Crippen LogP contribution in [0.2, 0.25) is 0 Å². The average Bonchev–Trinajstić information content (AvgIpc) is 2.85. The Morgan fingerprint density at radius 1 is 1.12 bits per heavy atom. The SMILES string of the molecule is COc1ccc2c(C)c(CCC(=O)NC(CN3CCN(C)CC3)c3ccccc3)c(=O)oc2c1. The minimum Gasteiger partial charge on any atom is -0.497 e. The first-order valence-electron chi connectivity index (χ1n) is 11.8. The summed E-state index contributed by atoms with van der Waals surface area (Å²) in [5.41, 5.74) is 2.57. The number of ether oxygens (including phenoxy) is 1.